The Morgan fingerprint density at radius 2 is 1.05 bits per heavy atom. The number of hydrogen-bond donors (Lipinski definition) is 6. The highest BCUT2D eigenvalue weighted by atomic mass is 32.1. The molecule has 2 aromatic carbocycles. The molecule has 0 heterocycles. The third kappa shape index (κ3) is 7.16. The number of rotatable bonds is 8. The van der Waals surface area contributed by atoms with E-state index >= 15 is 0 Å². The van der Waals surface area contributed by atoms with Crippen molar-refractivity contribution in [3.63, 3.8) is 0 Å². The van der Waals surface area contributed by atoms with E-state index in [1.54, 1.807) is 14.2 Å². The number of benzene rings is 2. The topological polar surface area (TPSA) is 119 Å². The maximum atomic E-state index is 6.65. The van der Waals surface area contributed by atoms with Crippen LogP contribution in [-0.2, 0) is 22.6 Å². The highest BCUT2D eigenvalue weighted by Gasteiger charge is 2.34. The van der Waals surface area contributed by atoms with E-state index in [2.05, 4.69) is 21.3 Å². The SMILES string of the molecule is COC1=C/C(=C2/C=CC(N)(NC(=S)NCc3ccccc3)C(OC)=C2)C=CC1(N)NC(=S)NCc1ccccc1. The Morgan fingerprint density at radius 3 is 1.40 bits per heavy atom. The van der Waals surface area contributed by atoms with Crippen LogP contribution in [0.25, 0.3) is 0 Å². The molecule has 40 heavy (non-hydrogen) atoms. The summed E-state index contributed by atoms with van der Waals surface area (Å²) in [5.74, 6) is 0.993. The third-order valence-electron chi connectivity index (χ3n) is 6.45. The van der Waals surface area contributed by atoms with E-state index in [0.29, 0.717) is 34.8 Å². The summed E-state index contributed by atoms with van der Waals surface area (Å²) in [7, 11) is 3.14. The second-order valence-electron chi connectivity index (χ2n) is 9.33. The molecule has 0 aliphatic heterocycles. The van der Waals surface area contributed by atoms with Crippen molar-refractivity contribution in [1.29, 1.82) is 0 Å². The van der Waals surface area contributed by atoms with Crippen molar-refractivity contribution in [1.82, 2.24) is 21.3 Å². The van der Waals surface area contributed by atoms with Crippen molar-refractivity contribution in [2.45, 2.75) is 24.4 Å². The molecule has 0 amide bonds. The normalized spacial score (nSPS) is 23.4. The average Bonchev–Trinajstić information content (AvgIpc) is 2.96. The molecule has 0 fully saturated rings. The molecular weight excluding hydrogens is 541 g/mol. The highest BCUT2D eigenvalue weighted by Crippen LogP contribution is 2.30. The van der Waals surface area contributed by atoms with E-state index in [4.69, 9.17) is 45.4 Å². The predicted octanol–water partition coefficient (Wildman–Crippen LogP) is 3.12. The van der Waals surface area contributed by atoms with Gasteiger partial charge in [0, 0.05) is 13.1 Å². The Balaban J connectivity index is 1.44. The molecule has 2 aliphatic carbocycles. The van der Waals surface area contributed by atoms with Gasteiger partial charge in [-0.15, -0.1) is 0 Å². The maximum absolute atomic E-state index is 6.65. The summed E-state index contributed by atoms with van der Waals surface area (Å²) in [4.78, 5) is 0. The Bertz CT molecular complexity index is 1280. The van der Waals surface area contributed by atoms with Gasteiger partial charge >= 0.3 is 0 Å². The molecule has 2 aliphatic rings. The van der Waals surface area contributed by atoms with E-state index in [9.17, 15) is 0 Å². The second-order valence-corrected chi connectivity index (χ2v) is 10.1. The summed E-state index contributed by atoms with van der Waals surface area (Å²) < 4.78 is 11.3. The molecule has 2 aromatic rings. The molecule has 8 nitrogen and oxygen atoms in total. The fourth-order valence-corrected chi connectivity index (χ4v) is 4.75. The lowest BCUT2D eigenvalue weighted by atomic mass is 9.91. The molecule has 0 radical (unpaired) electrons. The van der Waals surface area contributed by atoms with Crippen molar-refractivity contribution in [2.24, 2.45) is 11.5 Å². The summed E-state index contributed by atoms with van der Waals surface area (Å²) in [5.41, 5.74) is 15.0. The van der Waals surface area contributed by atoms with E-state index in [0.717, 1.165) is 22.3 Å². The van der Waals surface area contributed by atoms with Gasteiger partial charge in [0.05, 0.1) is 14.2 Å². The summed E-state index contributed by atoms with van der Waals surface area (Å²) in [5, 5.41) is 13.5. The van der Waals surface area contributed by atoms with E-state index in [1.165, 1.54) is 0 Å². The molecule has 2 unspecified atom stereocenters. The number of nitrogens with two attached hydrogens (primary N) is 2. The molecule has 4 rings (SSSR count). The molecule has 0 saturated heterocycles. The van der Waals surface area contributed by atoms with Gasteiger partial charge in [0.1, 0.15) is 11.5 Å². The van der Waals surface area contributed by atoms with Crippen molar-refractivity contribution in [3.8, 4) is 0 Å². The first kappa shape index (κ1) is 29.0. The third-order valence-corrected chi connectivity index (χ3v) is 6.94. The van der Waals surface area contributed by atoms with Gasteiger partial charge in [-0.25, -0.2) is 0 Å². The minimum absolute atomic E-state index is 0.407. The van der Waals surface area contributed by atoms with Crippen LogP contribution in [0, 0.1) is 0 Å². The number of ether oxygens (including phenoxy) is 2. The molecule has 0 aromatic heterocycles. The van der Waals surface area contributed by atoms with Gasteiger partial charge in [0.2, 0.25) is 0 Å². The summed E-state index contributed by atoms with van der Waals surface area (Å²) in [6.07, 6.45) is 11.1. The van der Waals surface area contributed by atoms with Crippen LogP contribution in [0.1, 0.15) is 11.1 Å². The standard InChI is InChI=1S/C30H34N6O2S2/c1-37-25-17-23(13-15-29(25,31)35-27(39)33-19-21-9-5-3-6-10-21)24-14-16-30(32,26(18-24)38-2)36-28(40)34-20-22-11-7-4-8-12-22/h3-18H,19-20,31-32H2,1-2H3,(H2,33,35,39)(H2,34,36,40)/b24-23-. The van der Waals surface area contributed by atoms with Gasteiger partial charge in [-0.05, 0) is 71.0 Å². The number of nitrogens with one attached hydrogen (secondary N) is 4. The van der Waals surface area contributed by atoms with Gasteiger partial charge in [-0.1, -0.05) is 72.8 Å². The van der Waals surface area contributed by atoms with E-state index in [-0.39, 0.29) is 0 Å². The van der Waals surface area contributed by atoms with Crippen LogP contribution in [0.15, 0.2) is 120 Å². The lowest BCUT2D eigenvalue weighted by Crippen LogP contribution is -2.59. The Labute approximate surface area is 245 Å². The fraction of sp³-hybridized carbons (Fsp3) is 0.200. The fourth-order valence-electron chi connectivity index (χ4n) is 4.27. The monoisotopic (exact) mass is 574 g/mol. The molecule has 8 N–H and O–H groups in total. The molecule has 0 saturated carbocycles. The maximum Gasteiger partial charge on any atom is 0.168 e. The average molecular weight is 575 g/mol. The first-order chi connectivity index (χ1) is 19.2. The molecule has 0 spiro atoms. The second kappa shape index (κ2) is 12.9. The van der Waals surface area contributed by atoms with Gasteiger partial charge in [-0.2, -0.15) is 0 Å². The summed E-state index contributed by atoms with van der Waals surface area (Å²) in [6.45, 7) is 1.15. The zero-order valence-corrected chi connectivity index (χ0v) is 24.1. The molecule has 208 valence electrons. The largest absolute Gasteiger partial charge is 0.497 e. The minimum atomic E-state index is -1.12. The van der Waals surface area contributed by atoms with Crippen LogP contribution >= 0.6 is 24.4 Å². The quantitative estimate of drug-likeness (QED) is 0.207. The van der Waals surface area contributed by atoms with E-state index in [1.807, 2.05) is 97.1 Å². The zero-order valence-electron chi connectivity index (χ0n) is 22.4. The summed E-state index contributed by atoms with van der Waals surface area (Å²) in [6, 6.07) is 19.9. The van der Waals surface area contributed by atoms with Crippen LogP contribution < -0.4 is 32.7 Å². The van der Waals surface area contributed by atoms with Crippen LogP contribution in [0.2, 0.25) is 0 Å². The highest BCUT2D eigenvalue weighted by molar-refractivity contribution is 7.80. The van der Waals surface area contributed by atoms with Crippen LogP contribution in [0.5, 0.6) is 0 Å². The van der Waals surface area contributed by atoms with Crippen molar-refractivity contribution in [2.75, 3.05) is 14.2 Å². The van der Waals surface area contributed by atoms with Gasteiger partial charge in [0.25, 0.3) is 0 Å². The number of methoxy groups -OCH3 is 2. The van der Waals surface area contributed by atoms with Crippen molar-refractivity contribution < 1.29 is 9.47 Å². The first-order valence-electron chi connectivity index (χ1n) is 12.7. The number of allylic oxidation sites excluding steroid dienone is 6. The van der Waals surface area contributed by atoms with Crippen LogP contribution in [0.4, 0.5) is 0 Å². The van der Waals surface area contributed by atoms with E-state index < -0.39 is 11.3 Å². The lowest BCUT2D eigenvalue weighted by molar-refractivity contribution is 0.231. The minimum Gasteiger partial charge on any atom is -0.497 e. The van der Waals surface area contributed by atoms with Crippen molar-refractivity contribution in [3.05, 3.63) is 131 Å². The Kier molecular flexibility index (Phi) is 9.38. The van der Waals surface area contributed by atoms with Crippen LogP contribution in [-0.4, -0.2) is 35.8 Å². The number of hydrogen-bond acceptors (Lipinski definition) is 6. The first-order valence-corrected chi connectivity index (χ1v) is 13.5. The van der Waals surface area contributed by atoms with Gasteiger partial charge < -0.3 is 30.7 Å². The lowest BCUT2D eigenvalue weighted by Gasteiger charge is -2.34. The molecule has 0 bridgehead atoms. The Hall–Kier alpha value is -3.96. The predicted molar refractivity (Wildman–Crippen MR) is 167 cm³/mol. The van der Waals surface area contributed by atoms with Crippen molar-refractivity contribution >= 4 is 34.7 Å². The smallest absolute Gasteiger partial charge is 0.168 e. The number of thiocarbonyl (C=S) groups is 2. The molecular formula is C30H34N6O2S2. The Morgan fingerprint density at radius 1 is 0.675 bits per heavy atom. The molecule has 10 heteroatoms. The van der Waals surface area contributed by atoms with Gasteiger partial charge in [0.15, 0.2) is 21.6 Å². The van der Waals surface area contributed by atoms with Crippen LogP contribution in [0.3, 0.4) is 0 Å². The molecule has 2 atom stereocenters. The summed E-state index contributed by atoms with van der Waals surface area (Å²) >= 11 is 11.0. The van der Waals surface area contributed by atoms with Gasteiger partial charge in [-0.3, -0.25) is 11.5 Å². The zero-order chi connectivity index (χ0) is 28.6.